The lowest BCUT2D eigenvalue weighted by molar-refractivity contribution is -0.136. The summed E-state index contributed by atoms with van der Waals surface area (Å²) in [5, 5.41) is 9.44. The van der Waals surface area contributed by atoms with Gasteiger partial charge in [-0.05, 0) is 233 Å². The molecule has 3 N–H and O–H groups in total. The molecule has 522 valence electrons. The first kappa shape index (κ1) is 80.6. The van der Waals surface area contributed by atoms with Crippen LogP contribution < -0.4 is 5.73 Å². The minimum Gasteiger partial charge on any atom is -0.390 e. The highest BCUT2D eigenvalue weighted by atomic mass is 16.3. The molecule has 4 bridgehead atoms. The fourth-order valence-corrected chi connectivity index (χ4v) is 18.5. The molecule has 11 heteroatoms. The van der Waals surface area contributed by atoms with E-state index < -0.39 is 0 Å². The maximum absolute atomic E-state index is 9.44. The first-order chi connectivity index (χ1) is 43.5. The molecule has 4 heterocycles. The van der Waals surface area contributed by atoms with Crippen molar-refractivity contribution in [3.05, 3.63) is 88.8 Å². The minimum absolute atomic E-state index is 0.0817. The Morgan fingerprint density at radius 3 is 0.848 bits per heavy atom. The Balaban J connectivity index is 0.000000239. The Bertz CT molecular complexity index is 2320. The van der Waals surface area contributed by atoms with E-state index in [0.29, 0.717) is 5.41 Å². The lowest BCUT2D eigenvalue weighted by atomic mass is 9.41. The van der Waals surface area contributed by atoms with E-state index in [1.54, 1.807) is 38.5 Å². The van der Waals surface area contributed by atoms with E-state index in [2.05, 4.69) is 135 Å². The topological polar surface area (TPSA) is 162 Å². The van der Waals surface area contributed by atoms with Crippen LogP contribution in [0.3, 0.4) is 0 Å². The molecule has 0 atom stereocenters. The molecule has 4 aromatic heterocycles. The standard InChI is InChI=1S/C22H40.C16H16N6.C13H22.C10H22.C7H17N.C7H16O.C6H9N3/c1-16-4-10-19(11-5-16)22(20-12-6-17(2)7-13-20)21-14-8-18(3)9-15-21;1-10-17-4-13(5-18-10)16(14-6-19-11(2)20-7-14)15-8-21-12(3)22-9-15;1-11-4-10-5-12(2,7-11)9-13(3,6-10)8-11;1-5-9-10(6-2,7-3)8-4;2*1-4-7(8,5-2)6-3;1-4-7-5(2)9-6(3)8-4/h16-22H,4-15H2,1-3H3;4-9,16H,1-3H3;10H,4-9H2,1-3H3;5-9H2,1-4H3;4-6,8H2,1-3H3;8H,4-6H2,1-3H3;1-3H3. The van der Waals surface area contributed by atoms with Crippen LogP contribution in [-0.4, -0.2) is 61.1 Å². The van der Waals surface area contributed by atoms with E-state index in [9.17, 15) is 5.11 Å². The molecule has 7 aliphatic carbocycles. The molecule has 0 spiro atoms. The summed E-state index contributed by atoms with van der Waals surface area (Å²) in [4.78, 5) is 37.8. The van der Waals surface area contributed by atoms with Gasteiger partial charge in [-0.15, -0.1) is 0 Å². The highest BCUT2D eigenvalue weighted by Gasteiger charge is 2.58. The van der Waals surface area contributed by atoms with Crippen LogP contribution >= 0.6 is 0 Å². The van der Waals surface area contributed by atoms with Crippen LogP contribution in [0.5, 0.6) is 0 Å². The Kier molecular flexibility index (Phi) is 33.5. The molecule has 0 amide bonds. The van der Waals surface area contributed by atoms with Gasteiger partial charge in [-0.1, -0.05) is 175 Å². The molecule has 11 nitrogen and oxygen atoms in total. The third-order valence-electron chi connectivity index (χ3n) is 24.2. The van der Waals surface area contributed by atoms with Gasteiger partial charge in [0, 0.05) is 65.3 Å². The summed E-state index contributed by atoms with van der Waals surface area (Å²) in [7, 11) is 0. The van der Waals surface area contributed by atoms with Crippen LogP contribution in [0.2, 0.25) is 0 Å². The van der Waals surface area contributed by atoms with Gasteiger partial charge in [-0.25, -0.2) is 44.9 Å². The molecule has 7 fully saturated rings. The smallest absolute Gasteiger partial charge is 0.129 e. The first-order valence-electron chi connectivity index (χ1n) is 38.0. The average Bonchev–Trinajstić information content (AvgIpc) is 0.721. The highest BCUT2D eigenvalue weighted by Crippen LogP contribution is 2.69. The van der Waals surface area contributed by atoms with Gasteiger partial charge in [0.15, 0.2) is 0 Å². The van der Waals surface area contributed by atoms with Crippen LogP contribution in [0.25, 0.3) is 0 Å². The van der Waals surface area contributed by atoms with Gasteiger partial charge < -0.3 is 10.8 Å². The number of rotatable bonds is 17. The summed E-state index contributed by atoms with van der Waals surface area (Å²) >= 11 is 0. The maximum Gasteiger partial charge on any atom is 0.129 e. The Morgan fingerprint density at radius 2 is 0.674 bits per heavy atom. The van der Waals surface area contributed by atoms with Crippen molar-refractivity contribution in [3.63, 3.8) is 0 Å². The lowest BCUT2D eigenvalue weighted by Crippen LogP contribution is -2.53. The Morgan fingerprint density at radius 1 is 0.413 bits per heavy atom. The highest BCUT2D eigenvalue weighted by molar-refractivity contribution is 5.37. The maximum atomic E-state index is 9.44. The summed E-state index contributed by atoms with van der Waals surface area (Å²) < 4.78 is 0. The van der Waals surface area contributed by atoms with Crippen LogP contribution in [0, 0.1) is 111 Å². The molecular weight excluding hydrogens is 1130 g/mol. The number of nitrogens with two attached hydrogens (primary N) is 1. The Labute approximate surface area is 566 Å². The number of hydrogen-bond acceptors (Lipinski definition) is 11. The van der Waals surface area contributed by atoms with Gasteiger partial charge in [0.2, 0.25) is 0 Å². The van der Waals surface area contributed by atoms with E-state index >= 15 is 0 Å². The number of hydrogen-bond donors (Lipinski definition) is 2. The van der Waals surface area contributed by atoms with E-state index in [0.717, 1.165) is 154 Å². The SMILES string of the molecule is CC12CC3CC(C)(C1)CC(C)(C3)C2.CC1CCC(C(C2CCC(C)CC2)C2CCC(C)CC2)CC1.CCC(N)(CC)CC.CCC(O)(CC)CC.CCCC(CC)(CC)CC.Cc1nc(C)nc(C)n1.Cc1ncc(C(c2cnc(C)nc2)c2cnc(C)nc2)cn1. The van der Waals surface area contributed by atoms with Crippen molar-refractivity contribution in [1.29, 1.82) is 0 Å². The van der Waals surface area contributed by atoms with Crippen LogP contribution in [0.1, 0.15) is 355 Å². The van der Waals surface area contributed by atoms with Gasteiger partial charge in [0.1, 0.15) is 34.9 Å². The van der Waals surface area contributed by atoms with Crippen molar-refractivity contribution in [1.82, 2.24) is 44.9 Å². The largest absolute Gasteiger partial charge is 0.390 e. The summed E-state index contributed by atoms with van der Waals surface area (Å²) in [5.74, 6) is 13.0. The average molecular weight is 1270 g/mol. The van der Waals surface area contributed by atoms with Crippen molar-refractivity contribution >= 4 is 0 Å². The van der Waals surface area contributed by atoms with Crippen molar-refractivity contribution in [3.8, 4) is 0 Å². The second-order valence-corrected chi connectivity index (χ2v) is 32.2. The van der Waals surface area contributed by atoms with Crippen LogP contribution in [-0.2, 0) is 0 Å². The third kappa shape index (κ3) is 25.6. The molecule has 92 heavy (non-hydrogen) atoms. The van der Waals surface area contributed by atoms with Gasteiger partial charge >= 0.3 is 0 Å². The molecule has 7 aliphatic rings. The van der Waals surface area contributed by atoms with E-state index in [-0.39, 0.29) is 17.1 Å². The van der Waals surface area contributed by atoms with E-state index in [1.807, 2.05) is 99.5 Å². The molecule has 4 aromatic rings. The van der Waals surface area contributed by atoms with Gasteiger partial charge in [-0.2, -0.15) is 0 Å². The number of aliphatic hydroxyl groups is 1. The van der Waals surface area contributed by atoms with Crippen LogP contribution in [0.15, 0.2) is 37.2 Å². The van der Waals surface area contributed by atoms with E-state index in [4.69, 9.17) is 5.73 Å². The Hall–Kier alpha value is -3.83. The summed E-state index contributed by atoms with van der Waals surface area (Å²) in [6, 6.07) is 0. The fourth-order valence-electron chi connectivity index (χ4n) is 18.5. The number of aryl methyl sites for hydroxylation is 6. The van der Waals surface area contributed by atoms with Gasteiger partial charge in [0.25, 0.3) is 0 Å². The van der Waals surface area contributed by atoms with Gasteiger partial charge in [-0.3, -0.25) is 0 Å². The predicted octanol–water partition coefficient (Wildman–Crippen LogP) is 21.9. The third-order valence-corrected chi connectivity index (χ3v) is 24.2. The number of nitrogens with zero attached hydrogens (tertiary/aromatic N) is 9. The molecule has 0 unspecified atom stereocenters. The molecule has 11 rings (SSSR count). The van der Waals surface area contributed by atoms with Crippen molar-refractivity contribution in [2.75, 3.05) is 0 Å². The molecule has 0 aromatic carbocycles. The minimum atomic E-state index is -0.375. The zero-order valence-corrected chi connectivity index (χ0v) is 63.7. The molecule has 7 saturated carbocycles. The predicted molar refractivity (Wildman–Crippen MR) is 389 cm³/mol. The van der Waals surface area contributed by atoms with Crippen molar-refractivity contribution in [2.45, 2.75) is 356 Å². The van der Waals surface area contributed by atoms with Gasteiger partial charge in [0.05, 0.1) is 5.60 Å². The lowest BCUT2D eigenvalue weighted by Gasteiger charge is -2.64. The zero-order valence-electron chi connectivity index (χ0n) is 63.7. The number of aromatic nitrogens is 9. The fraction of sp³-hybridized carbons (Fsp3) is 0.815. The summed E-state index contributed by atoms with van der Waals surface area (Å²) in [6.07, 6.45) is 51.4. The molecule has 0 aliphatic heterocycles. The second kappa shape index (κ2) is 38.2. The van der Waals surface area contributed by atoms with E-state index in [1.165, 1.54) is 109 Å². The second-order valence-electron chi connectivity index (χ2n) is 32.2. The molecular formula is C81H142N10O. The normalized spacial score (nSPS) is 26.9. The first-order valence-corrected chi connectivity index (χ1v) is 38.0. The zero-order chi connectivity index (χ0) is 68.5. The van der Waals surface area contributed by atoms with Crippen molar-refractivity contribution in [2.24, 2.45) is 74.7 Å². The van der Waals surface area contributed by atoms with Crippen LogP contribution in [0.4, 0.5) is 0 Å². The monoisotopic (exact) mass is 1270 g/mol. The molecule has 0 saturated heterocycles. The molecule has 0 radical (unpaired) electrons. The van der Waals surface area contributed by atoms with Crippen molar-refractivity contribution < 1.29 is 5.11 Å². The quantitative estimate of drug-likeness (QED) is 0.103. The summed E-state index contributed by atoms with van der Waals surface area (Å²) in [5.41, 5.74) is 11.4. The summed E-state index contributed by atoms with van der Waals surface area (Å²) in [6.45, 7) is 48.0.